The highest BCUT2D eigenvalue weighted by molar-refractivity contribution is 6.31. The van der Waals surface area contributed by atoms with Crippen LogP contribution in [-0.2, 0) is 16.6 Å². The molecule has 0 fully saturated rings. The average molecular weight is 328 g/mol. The van der Waals surface area contributed by atoms with Gasteiger partial charge in [-0.05, 0) is 46.9 Å². The average Bonchev–Trinajstić information content (AvgIpc) is 2.89. The lowest BCUT2D eigenvalue weighted by molar-refractivity contribution is -0.107. The van der Waals surface area contributed by atoms with Gasteiger partial charge in [-0.25, -0.2) is 0 Å². The Morgan fingerprint density at radius 3 is 2.52 bits per heavy atom. The van der Waals surface area contributed by atoms with Gasteiger partial charge >= 0.3 is 0 Å². The van der Waals surface area contributed by atoms with Crippen LogP contribution >= 0.6 is 11.6 Å². The Hall–Kier alpha value is -2.20. The summed E-state index contributed by atoms with van der Waals surface area (Å²) < 4.78 is 0. The molecule has 5 heteroatoms. The van der Waals surface area contributed by atoms with E-state index in [0.717, 1.165) is 34.1 Å². The van der Waals surface area contributed by atoms with E-state index >= 15 is 0 Å². The van der Waals surface area contributed by atoms with E-state index in [0.29, 0.717) is 11.4 Å². The van der Waals surface area contributed by atoms with Crippen LogP contribution in [0.25, 0.3) is 16.7 Å². The predicted octanol–water partition coefficient (Wildman–Crippen LogP) is 4.11. The van der Waals surface area contributed by atoms with Crippen molar-refractivity contribution in [2.24, 2.45) is 0 Å². The van der Waals surface area contributed by atoms with E-state index in [2.05, 4.69) is 43.1 Å². The summed E-state index contributed by atoms with van der Waals surface area (Å²) in [4.78, 5) is 12.5. The zero-order chi connectivity index (χ0) is 16.6. The minimum absolute atomic E-state index is 0.0243. The van der Waals surface area contributed by atoms with Crippen LogP contribution in [0.2, 0.25) is 5.02 Å². The summed E-state index contributed by atoms with van der Waals surface area (Å²) in [6, 6.07) is 11.5. The van der Waals surface area contributed by atoms with Gasteiger partial charge < -0.3 is 4.79 Å². The Bertz CT molecular complexity index is 878. The van der Waals surface area contributed by atoms with Crippen molar-refractivity contribution in [3.63, 3.8) is 0 Å². The van der Waals surface area contributed by atoms with Crippen molar-refractivity contribution in [1.82, 2.24) is 15.0 Å². The first-order valence-corrected chi connectivity index (χ1v) is 7.86. The molecule has 2 aromatic carbocycles. The maximum absolute atomic E-state index is 10.9. The van der Waals surface area contributed by atoms with Gasteiger partial charge in [0.05, 0.1) is 5.69 Å². The number of rotatable bonds is 3. The van der Waals surface area contributed by atoms with Crippen LogP contribution in [0.5, 0.6) is 0 Å². The summed E-state index contributed by atoms with van der Waals surface area (Å²) >= 11 is 6.01. The Morgan fingerprint density at radius 2 is 1.83 bits per heavy atom. The fraction of sp³-hybridized carbons (Fsp3) is 0.278. The van der Waals surface area contributed by atoms with Crippen molar-refractivity contribution < 1.29 is 4.79 Å². The molecule has 3 rings (SSSR count). The summed E-state index contributed by atoms with van der Waals surface area (Å²) in [6.45, 7) is 6.43. The van der Waals surface area contributed by atoms with Crippen molar-refractivity contribution in [3.8, 4) is 5.69 Å². The molecule has 0 unspecified atom stereocenters. The lowest BCUT2D eigenvalue weighted by atomic mass is 9.85. The van der Waals surface area contributed by atoms with Crippen molar-refractivity contribution in [3.05, 3.63) is 52.5 Å². The second-order valence-electron chi connectivity index (χ2n) is 6.63. The molecule has 0 saturated heterocycles. The third-order valence-electron chi connectivity index (χ3n) is 3.74. The smallest absolute Gasteiger partial charge is 0.124 e. The van der Waals surface area contributed by atoms with E-state index in [1.807, 2.05) is 12.1 Å². The zero-order valence-corrected chi connectivity index (χ0v) is 14.1. The van der Waals surface area contributed by atoms with E-state index in [4.69, 9.17) is 11.6 Å². The quantitative estimate of drug-likeness (QED) is 0.680. The summed E-state index contributed by atoms with van der Waals surface area (Å²) in [6.07, 6.45) is 1.29. The van der Waals surface area contributed by atoms with Crippen molar-refractivity contribution in [2.45, 2.75) is 32.6 Å². The van der Waals surface area contributed by atoms with Crippen LogP contribution in [0.15, 0.2) is 36.4 Å². The van der Waals surface area contributed by atoms with Gasteiger partial charge in [0, 0.05) is 11.4 Å². The third kappa shape index (κ3) is 3.27. The minimum atomic E-state index is -0.0243. The molecule has 1 heterocycles. The number of benzene rings is 2. The van der Waals surface area contributed by atoms with Crippen LogP contribution in [0.4, 0.5) is 0 Å². The Balaban J connectivity index is 2.16. The molecular weight excluding hydrogens is 310 g/mol. The SMILES string of the molecule is CC(C)(C)c1cc(CC=O)cc(-n2nc3ccc(Cl)cc3n2)c1. The number of halogens is 1. The first-order valence-electron chi connectivity index (χ1n) is 7.48. The monoisotopic (exact) mass is 327 g/mol. The van der Waals surface area contributed by atoms with E-state index in [1.165, 1.54) is 0 Å². The molecule has 23 heavy (non-hydrogen) atoms. The summed E-state index contributed by atoms with van der Waals surface area (Å²) in [5.74, 6) is 0. The lowest BCUT2D eigenvalue weighted by Gasteiger charge is -2.20. The molecule has 0 amide bonds. The number of hydrogen-bond acceptors (Lipinski definition) is 3. The number of hydrogen-bond donors (Lipinski definition) is 0. The van der Waals surface area contributed by atoms with Gasteiger partial charge in [0.1, 0.15) is 17.3 Å². The van der Waals surface area contributed by atoms with Crippen molar-refractivity contribution in [1.29, 1.82) is 0 Å². The number of aldehydes is 1. The highest BCUT2D eigenvalue weighted by Crippen LogP contribution is 2.26. The molecule has 1 aromatic heterocycles. The fourth-order valence-corrected chi connectivity index (χ4v) is 2.61. The van der Waals surface area contributed by atoms with E-state index in [1.54, 1.807) is 16.9 Å². The molecule has 118 valence electrons. The molecule has 0 spiro atoms. The van der Waals surface area contributed by atoms with Gasteiger partial charge in [0.25, 0.3) is 0 Å². The topological polar surface area (TPSA) is 47.8 Å². The highest BCUT2D eigenvalue weighted by atomic mass is 35.5. The van der Waals surface area contributed by atoms with Crippen LogP contribution in [0.3, 0.4) is 0 Å². The molecule has 3 aromatic rings. The highest BCUT2D eigenvalue weighted by Gasteiger charge is 2.17. The second-order valence-corrected chi connectivity index (χ2v) is 7.07. The van der Waals surface area contributed by atoms with Crippen LogP contribution in [0, 0.1) is 0 Å². The number of nitrogens with zero attached hydrogens (tertiary/aromatic N) is 3. The van der Waals surface area contributed by atoms with Gasteiger partial charge in [-0.1, -0.05) is 38.4 Å². The number of carbonyl (C=O) groups excluding carboxylic acids is 1. The summed E-state index contributed by atoms with van der Waals surface area (Å²) in [5, 5.41) is 9.64. The standard InChI is InChI=1S/C18H18ClN3O/c1-18(2,3)13-8-12(6-7-23)9-15(10-13)22-20-16-5-4-14(19)11-17(16)21-22/h4-5,7-11H,6H2,1-3H3. The maximum Gasteiger partial charge on any atom is 0.124 e. The second kappa shape index (κ2) is 5.78. The fourth-order valence-electron chi connectivity index (χ4n) is 2.44. The molecule has 0 aliphatic carbocycles. The normalized spacial score (nSPS) is 11.8. The van der Waals surface area contributed by atoms with Gasteiger partial charge in [-0.15, -0.1) is 10.2 Å². The summed E-state index contributed by atoms with van der Waals surface area (Å²) in [7, 11) is 0. The van der Waals surface area contributed by atoms with Gasteiger partial charge in [-0.2, -0.15) is 4.80 Å². The van der Waals surface area contributed by atoms with E-state index in [-0.39, 0.29) is 5.41 Å². The number of carbonyl (C=O) groups is 1. The molecule has 0 N–H and O–H groups in total. The van der Waals surface area contributed by atoms with Crippen molar-refractivity contribution >= 4 is 28.9 Å². The Morgan fingerprint density at radius 1 is 1.09 bits per heavy atom. The first-order chi connectivity index (χ1) is 10.9. The number of fused-ring (bicyclic) bond motifs is 1. The Labute approximate surface area is 140 Å². The molecule has 0 aliphatic rings. The minimum Gasteiger partial charge on any atom is -0.303 e. The van der Waals surface area contributed by atoms with Crippen LogP contribution in [-0.4, -0.2) is 21.3 Å². The van der Waals surface area contributed by atoms with Gasteiger partial charge in [0.15, 0.2) is 0 Å². The predicted molar refractivity (Wildman–Crippen MR) is 92.3 cm³/mol. The largest absolute Gasteiger partial charge is 0.303 e. The third-order valence-corrected chi connectivity index (χ3v) is 3.97. The zero-order valence-electron chi connectivity index (χ0n) is 13.4. The lowest BCUT2D eigenvalue weighted by Crippen LogP contribution is -2.13. The maximum atomic E-state index is 10.9. The molecule has 0 radical (unpaired) electrons. The molecule has 0 aliphatic heterocycles. The molecule has 0 saturated carbocycles. The van der Waals surface area contributed by atoms with E-state index in [9.17, 15) is 4.79 Å². The van der Waals surface area contributed by atoms with E-state index < -0.39 is 0 Å². The van der Waals surface area contributed by atoms with Gasteiger partial charge in [-0.3, -0.25) is 0 Å². The molecule has 0 bridgehead atoms. The summed E-state index contributed by atoms with van der Waals surface area (Å²) in [5.41, 5.74) is 4.46. The number of aromatic nitrogens is 3. The molecule has 0 atom stereocenters. The van der Waals surface area contributed by atoms with Crippen molar-refractivity contribution in [2.75, 3.05) is 0 Å². The van der Waals surface area contributed by atoms with Crippen LogP contribution in [0.1, 0.15) is 31.9 Å². The molecular formula is C18H18ClN3O. The van der Waals surface area contributed by atoms with Crippen LogP contribution < -0.4 is 0 Å². The molecule has 4 nitrogen and oxygen atoms in total. The first kappa shape index (κ1) is 15.7. The Kier molecular flexibility index (Phi) is 3.94. The van der Waals surface area contributed by atoms with Gasteiger partial charge in [0.2, 0.25) is 0 Å².